The third-order valence-corrected chi connectivity index (χ3v) is 15.1. The Morgan fingerprint density at radius 1 is 0.378 bits per heavy atom. The molecule has 0 heterocycles. The third kappa shape index (κ3) is 59.1. The molecular weight excluding hydrogens is 911 g/mol. The zero-order valence-corrected chi connectivity index (χ0v) is 49.6. The number of amides is 1. The molecule has 1 amide bonds. The summed E-state index contributed by atoms with van der Waals surface area (Å²) in [5, 5.41) is 23.2. The highest BCUT2D eigenvalue weighted by molar-refractivity contribution is 5.76. The molecule has 0 aromatic carbocycles. The van der Waals surface area contributed by atoms with Gasteiger partial charge in [0.1, 0.15) is 0 Å². The van der Waals surface area contributed by atoms with Crippen molar-refractivity contribution in [2.24, 2.45) is 0 Å². The predicted octanol–water partition coefficient (Wildman–Crippen LogP) is 20.9. The van der Waals surface area contributed by atoms with E-state index in [1.165, 1.54) is 270 Å². The molecule has 6 heteroatoms. The summed E-state index contributed by atoms with van der Waals surface area (Å²) in [5.41, 5.74) is 0. The van der Waals surface area contributed by atoms with Crippen LogP contribution in [0.3, 0.4) is 0 Å². The van der Waals surface area contributed by atoms with Crippen molar-refractivity contribution in [2.75, 3.05) is 13.2 Å². The van der Waals surface area contributed by atoms with Crippen molar-refractivity contribution in [3.8, 4) is 0 Å². The lowest BCUT2D eigenvalue weighted by Gasteiger charge is -2.20. The molecule has 2 unspecified atom stereocenters. The Hall–Kier alpha value is -2.18. The van der Waals surface area contributed by atoms with Crippen molar-refractivity contribution < 1.29 is 24.5 Å². The number of unbranched alkanes of at least 4 members (excludes halogenated alkanes) is 44. The molecule has 74 heavy (non-hydrogen) atoms. The largest absolute Gasteiger partial charge is 0.466 e. The highest BCUT2D eigenvalue weighted by Gasteiger charge is 2.18. The van der Waals surface area contributed by atoms with Crippen LogP contribution in [-0.2, 0) is 14.3 Å². The van der Waals surface area contributed by atoms with Gasteiger partial charge in [-0.3, -0.25) is 9.59 Å². The van der Waals surface area contributed by atoms with Gasteiger partial charge in [-0.05, 0) is 83.5 Å². The van der Waals surface area contributed by atoms with E-state index in [0.29, 0.717) is 19.4 Å². The van der Waals surface area contributed by atoms with Crippen molar-refractivity contribution in [1.29, 1.82) is 0 Å². The molecule has 0 aliphatic carbocycles. The molecule has 0 saturated carbocycles. The zero-order chi connectivity index (χ0) is 53.6. The molecule has 0 saturated heterocycles. The number of hydrogen-bond acceptors (Lipinski definition) is 5. The molecule has 0 rings (SSSR count). The van der Waals surface area contributed by atoms with E-state index in [-0.39, 0.29) is 18.5 Å². The molecule has 0 aromatic rings. The van der Waals surface area contributed by atoms with Crippen LogP contribution in [0.25, 0.3) is 0 Å². The second-order valence-corrected chi connectivity index (χ2v) is 22.4. The van der Waals surface area contributed by atoms with Crippen molar-refractivity contribution in [1.82, 2.24) is 5.32 Å². The Labute approximate surface area is 461 Å². The van der Waals surface area contributed by atoms with Gasteiger partial charge in [-0.15, -0.1) is 0 Å². The molecule has 3 N–H and O–H groups in total. The van der Waals surface area contributed by atoms with Crippen LogP contribution in [0.5, 0.6) is 0 Å². The number of aliphatic hydroxyl groups excluding tert-OH is 2. The highest BCUT2D eigenvalue weighted by Crippen LogP contribution is 2.17. The van der Waals surface area contributed by atoms with Gasteiger partial charge in [-0.1, -0.05) is 300 Å². The minimum absolute atomic E-state index is 0.00106. The van der Waals surface area contributed by atoms with Crippen LogP contribution >= 0.6 is 0 Å². The number of rotatable bonds is 61. The summed E-state index contributed by atoms with van der Waals surface area (Å²) in [4.78, 5) is 24.5. The molecule has 0 aromatic heterocycles. The first-order chi connectivity index (χ1) is 36.5. The number of esters is 1. The number of aliphatic hydroxyl groups is 2. The van der Waals surface area contributed by atoms with E-state index in [1.54, 1.807) is 6.08 Å². The van der Waals surface area contributed by atoms with E-state index >= 15 is 0 Å². The molecule has 0 radical (unpaired) electrons. The fourth-order valence-electron chi connectivity index (χ4n) is 10.00. The van der Waals surface area contributed by atoms with Crippen molar-refractivity contribution in [3.63, 3.8) is 0 Å². The molecule has 2 atom stereocenters. The quantitative estimate of drug-likeness (QED) is 0.0320. The lowest BCUT2D eigenvalue weighted by Crippen LogP contribution is -2.45. The zero-order valence-electron chi connectivity index (χ0n) is 49.6. The van der Waals surface area contributed by atoms with Crippen LogP contribution in [0.1, 0.15) is 348 Å². The summed E-state index contributed by atoms with van der Waals surface area (Å²) in [6.07, 6.45) is 81.7. The molecule has 0 bridgehead atoms. The minimum atomic E-state index is -0.848. The highest BCUT2D eigenvalue weighted by atomic mass is 16.5. The van der Waals surface area contributed by atoms with Gasteiger partial charge in [0.25, 0.3) is 0 Å². The Morgan fingerprint density at radius 3 is 1.08 bits per heavy atom. The summed E-state index contributed by atoms with van der Waals surface area (Å²) < 4.78 is 5.46. The molecule has 6 nitrogen and oxygen atoms in total. The van der Waals surface area contributed by atoms with E-state index in [0.717, 1.165) is 51.4 Å². The molecular formula is C68H127NO5. The van der Waals surface area contributed by atoms with E-state index in [4.69, 9.17) is 4.74 Å². The minimum Gasteiger partial charge on any atom is -0.466 e. The van der Waals surface area contributed by atoms with Crippen molar-refractivity contribution in [2.45, 2.75) is 360 Å². The maximum absolute atomic E-state index is 12.5. The molecule has 0 spiro atoms. The molecule has 434 valence electrons. The van der Waals surface area contributed by atoms with Crippen LogP contribution in [0.15, 0.2) is 48.6 Å². The van der Waals surface area contributed by atoms with Gasteiger partial charge >= 0.3 is 5.97 Å². The maximum atomic E-state index is 12.5. The van der Waals surface area contributed by atoms with E-state index in [1.807, 2.05) is 6.08 Å². The summed E-state index contributed by atoms with van der Waals surface area (Å²) >= 11 is 0. The smallest absolute Gasteiger partial charge is 0.305 e. The van der Waals surface area contributed by atoms with Gasteiger partial charge in [-0.2, -0.15) is 0 Å². The first-order valence-corrected chi connectivity index (χ1v) is 32.9. The van der Waals surface area contributed by atoms with Gasteiger partial charge in [0, 0.05) is 12.8 Å². The molecule has 0 fully saturated rings. The van der Waals surface area contributed by atoms with Crippen molar-refractivity contribution >= 4 is 11.9 Å². The first-order valence-electron chi connectivity index (χ1n) is 32.9. The maximum Gasteiger partial charge on any atom is 0.305 e. The van der Waals surface area contributed by atoms with Crippen molar-refractivity contribution in [3.05, 3.63) is 48.6 Å². The van der Waals surface area contributed by atoms with Gasteiger partial charge in [0.15, 0.2) is 0 Å². The number of allylic oxidation sites excluding steroid dienone is 7. The van der Waals surface area contributed by atoms with E-state index < -0.39 is 12.1 Å². The number of hydrogen-bond donors (Lipinski definition) is 3. The van der Waals surface area contributed by atoms with Gasteiger partial charge in [-0.25, -0.2) is 0 Å². The van der Waals surface area contributed by atoms with Crippen LogP contribution in [0.2, 0.25) is 0 Å². The Morgan fingerprint density at radius 2 is 0.689 bits per heavy atom. The average Bonchev–Trinajstić information content (AvgIpc) is 3.40. The topological polar surface area (TPSA) is 95.9 Å². The number of carbonyl (C=O) groups excluding carboxylic acids is 2. The van der Waals surface area contributed by atoms with Gasteiger partial charge < -0.3 is 20.3 Å². The summed E-state index contributed by atoms with van der Waals surface area (Å²) in [7, 11) is 0. The molecule has 0 aliphatic rings. The standard InChI is InChI=1S/C68H127NO5/c1-3-5-7-9-11-13-15-16-17-18-28-31-34-37-41-44-48-52-56-60-66(71)65(64-70)69-67(72)61-57-53-49-45-42-38-35-32-29-26-24-22-20-19-21-23-25-27-30-33-36-39-43-47-51-55-59-63-74-68(73)62-58-54-50-46-40-14-12-10-8-6-4-2/h10,12,19-20,23,25,56,60,65-66,70-71H,3-9,11,13-18,21-22,24,26-55,57-59,61-64H2,1-2H3,(H,69,72)/b12-10-,20-19-,25-23-,60-56+. The number of ether oxygens (including phenoxy) is 1. The predicted molar refractivity (Wildman–Crippen MR) is 324 cm³/mol. The Balaban J connectivity index is 3.46. The first kappa shape index (κ1) is 71.8. The Kier molecular flexibility index (Phi) is 61.5. The third-order valence-electron chi connectivity index (χ3n) is 15.1. The second kappa shape index (κ2) is 63.4. The van der Waals surface area contributed by atoms with Crippen LogP contribution < -0.4 is 5.32 Å². The van der Waals surface area contributed by atoms with Crippen LogP contribution in [-0.4, -0.2) is 47.4 Å². The summed E-state index contributed by atoms with van der Waals surface area (Å²) in [6, 6.07) is -0.632. The fraction of sp³-hybridized carbons (Fsp3) is 0.853. The average molecular weight is 1040 g/mol. The fourth-order valence-corrected chi connectivity index (χ4v) is 10.00. The van der Waals surface area contributed by atoms with Crippen LogP contribution in [0.4, 0.5) is 0 Å². The Bertz CT molecular complexity index is 1240. The normalized spacial score (nSPS) is 12.9. The monoisotopic (exact) mass is 1040 g/mol. The summed E-state index contributed by atoms with van der Waals surface area (Å²) in [6.45, 7) is 4.88. The second-order valence-electron chi connectivity index (χ2n) is 22.4. The van der Waals surface area contributed by atoms with E-state index in [9.17, 15) is 19.8 Å². The SMILES string of the molecule is CCCC/C=C\CCCCCCCC(=O)OCCCCCCCCCCC/C=C\C/C=C\CCCCCCCCCCCCCC(=O)NC(CO)C(O)/C=C/CCCCCCCCCCCCCCCCCCC. The van der Waals surface area contributed by atoms with Gasteiger partial charge in [0.2, 0.25) is 5.91 Å². The number of nitrogens with one attached hydrogen (secondary N) is 1. The van der Waals surface area contributed by atoms with Crippen LogP contribution in [0, 0.1) is 0 Å². The molecule has 0 aliphatic heterocycles. The lowest BCUT2D eigenvalue weighted by atomic mass is 10.0. The summed E-state index contributed by atoms with van der Waals surface area (Å²) in [5.74, 6) is -0.0701. The van der Waals surface area contributed by atoms with Gasteiger partial charge in [0.05, 0.1) is 25.4 Å². The number of carbonyl (C=O) groups is 2. The lowest BCUT2D eigenvalue weighted by molar-refractivity contribution is -0.143. The van der Waals surface area contributed by atoms with E-state index in [2.05, 4.69) is 55.6 Å².